The zero-order valence-corrected chi connectivity index (χ0v) is 12.6. The van der Waals surface area contributed by atoms with Crippen LogP contribution in [0.1, 0.15) is 46.3 Å². The molecule has 0 saturated heterocycles. The summed E-state index contributed by atoms with van der Waals surface area (Å²) in [6.45, 7) is 3.65. The number of nitrogens with zero attached hydrogens (tertiary/aromatic N) is 5. The molecule has 0 spiro atoms. The summed E-state index contributed by atoms with van der Waals surface area (Å²) in [5.41, 5.74) is 1.79. The van der Waals surface area contributed by atoms with Gasteiger partial charge in [-0.1, -0.05) is 11.8 Å². The number of hydrogen-bond acceptors (Lipinski definition) is 6. The molecule has 0 radical (unpaired) electrons. The Bertz CT molecular complexity index is 696. The third-order valence-corrected chi connectivity index (χ3v) is 4.29. The Hall–Kier alpha value is -1.96. The molecular weight excluding hydrogens is 290 g/mol. The fourth-order valence-electron chi connectivity index (χ4n) is 2.21. The summed E-state index contributed by atoms with van der Waals surface area (Å²) in [6.07, 6.45) is 2.20. The van der Waals surface area contributed by atoms with Crippen LogP contribution in [0.15, 0.2) is 11.1 Å². The standard InChI is InChI=1S/C13H15N5O2S/c1-7-5-8(2)14-12(11(7)13(19)20)21-6-10-15-16-17-18(10)9-3-4-9/h5,9H,3-4,6H2,1-2H3,(H,19,20). The maximum atomic E-state index is 11.4. The normalized spacial score (nSPS) is 14.4. The molecule has 0 aromatic carbocycles. The predicted octanol–water partition coefficient (Wildman–Crippen LogP) is 2.01. The van der Waals surface area contributed by atoms with Crippen molar-refractivity contribution in [3.05, 3.63) is 28.7 Å². The molecule has 2 aromatic heterocycles. The number of carbonyl (C=O) groups is 1. The second kappa shape index (κ2) is 5.44. The highest BCUT2D eigenvalue weighted by molar-refractivity contribution is 7.98. The van der Waals surface area contributed by atoms with E-state index >= 15 is 0 Å². The summed E-state index contributed by atoms with van der Waals surface area (Å²) in [5, 5.41) is 21.6. The van der Waals surface area contributed by atoms with Gasteiger partial charge in [0.15, 0.2) is 5.82 Å². The van der Waals surface area contributed by atoms with E-state index in [0.717, 1.165) is 29.9 Å². The maximum Gasteiger partial charge on any atom is 0.338 e. The van der Waals surface area contributed by atoms with Gasteiger partial charge < -0.3 is 5.11 Å². The van der Waals surface area contributed by atoms with Gasteiger partial charge in [-0.2, -0.15) is 0 Å². The lowest BCUT2D eigenvalue weighted by Crippen LogP contribution is -2.07. The van der Waals surface area contributed by atoms with Gasteiger partial charge in [-0.05, 0) is 48.7 Å². The molecule has 1 fully saturated rings. The Morgan fingerprint density at radius 2 is 2.24 bits per heavy atom. The van der Waals surface area contributed by atoms with E-state index in [0.29, 0.717) is 16.8 Å². The molecule has 110 valence electrons. The van der Waals surface area contributed by atoms with Gasteiger partial charge >= 0.3 is 5.97 Å². The van der Waals surface area contributed by atoms with Gasteiger partial charge in [0.1, 0.15) is 5.03 Å². The van der Waals surface area contributed by atoms with E-state index in [1.54, 1.807) is 13.0 Å². The minimum atomic E-state index is -0.954. The Morgan fingerprint density at radius 3 is 2.90 bits per heavy atom. The molecule has 0 amide bonds. The zero-order chi connectivity index (χ0) is 15.0. The largest absolute Gasteiger partial charge is 0.478 e. The Morgan fingerprint density at radius 1 is 1.48 bits per heavy atom. The SMILES string of the molecule is Cc1cc(C)c(C(=O)O)c(SCc2nnnn2C2CC2)n1. The quantitative estimate of drug-likeness (QED) is 0.844. The summed E-state index contributed by atoms with van der Waals surface area (Å²) in [4.78, 5) is 15.8. The van der Waals surface area contributed by atoms with E-state index in [4.69, 9.17) is 0 Å². The van der Waals surface area contributed by atoms with Crippen molar-refractivity contribution in [2.75, 3.05) is 0 Å². The molecular formula is C13H15N5O2S. The topological polar surface area (TPSA) is 93.8 Å². The zero-order valence-electron chi connectivity index (χ0n) is 11.8. The second-order valence-corrected chi connectivity index (χ2v) is 6.09. The first kappa shape index (κ1) is 14.0. The molecule has 8 heteroatoms. The van der Waals surface area contributed by atoms with Crippen molar-refractivity contribution in [3.8, 4) is 0 Å². The minimum Gasteiger partial charge on any atom is -0.478 e. The number of thioether (sulfide) groups is 1. The van der Waals surface area contributed by atoms with Crippen LogP contribution in [-0.4, -0.2) is 36.3 Å². The number of rotatable bonds is 5. The molecule has 3 rings (SSSR count). The van der Waals surface area contributed by atoms with Crippen LogP contribution < -0.4 is 0 Å². The highest BCUT2D eigenvalue weighted by Gasteiger charge is 2.28. The van der Waals surface area contributed by atoms with Crippen LogP contribution >= 0.6 is 11.8 Å². The highest BCUT2D eigenvalue weighted by Crippen LogP contribution is 2.35. The lowest BCUT2D eigenvalue weighted by atomic mass is 10.1. The molecule has 2 heterocycles. The summed E-state index contributed by atoms with van der Waals surface area (Å²) < 4.78 is 1.83. The predicted molar refractivity (Wildman–Crippen MR) is 76.3 cm³/mol. The second-order valence-electron chi connectivity index (χ2n) is 5.13. The number of carboxylic acid groups (broad SMARTS) is 1. The van der Waals surface area contributed by atoms with Gasteiger partial charge in [-0.25, -0.2) is 14.5 Å². The van der Waals surface area contributed by atoms with E-state index in [2.05, 4.69) is 20.5 Å². The molecule has 1 aliphatic carbocycles. The van der Waals surface area contributed by atoms with Gasteiger partial charge in [0, 0.05) is 5.69 Å². The van der Waals surface area contributed by atoms with Crippen LogP contribution in [0.25, 0.3) is 0 Å². The van der Waals surface area contributed by atoms with Crippen molar-refractivity contribution < 1.29 is 9.90 Å². The highest BCUT2D eigenvalue weighted by atomic mass is 32.2. The first-order valence-electron chi connectivity index (χ1n) is 6.67. The summed E-state index contributed by atoms with van der Waals surface area (Å²) in [5.74, 6) is 0.323. The molecule has 1 N–H and O–H groups in total. The maximum absolute atomic E-state index is 11.4. The van der Waals surface area contributed by atoms with E-state index in [9.17, 15) is 9.90 Å². The third-order valence-electron chi connectivity index (χ3n) is 3.32. The van der Waals surface area contributed by atoms with Crippen molar-refractivity contribution in [2.45, 2.75) is 43.5 Å². The van der Waals surface area contributed by atoms with Gasteiger partial charge in [-0.3, -0.25) is 0 Å². The molecule has 7 nitrogen and oxygen atoms in total. The Kier molecular flexibility index (Phi) is 3.62. The van der Waals surface area contributed by atoms with E-state index < -0.39 is 5.97 Å². The van der Waals surface area contributed by atoms with E-state index in [-0.39, 0.29) is 5.56 Å². The minimum absolute atomic E-state index is 0.260. The van der Waals surface area contributed by atoms with Crippen LogP contribution in [0, 0.1) is 13.8 Å². The third kappa shape index (κ3) is 2.90. The van der Waals surface area contributed by atoms with Crippen molar-refractivity contribution in [2.24, 2.45) is 0 Å². The monoisotopic (exact) mass is 305 g/mol. The van der Waals surface area contributed by atoms with Gasteiger partial charge in [0.25, 0.3) is 0 Å². The number of aromatic nitrogens is 5. The molecule has 0 aliphatic heterocycles. The number of carboxylic acids is 1. The van der Waals surface area contributed by atoms with E-state index in [1.165, 1.54) is 11.8 Å². The van der Waals surface area contributed by atoms with Crippen LogP contribution in [0.2, 0.25) is 0 Å². The molecule has 0 atom stereocenters. The lowest BCUT2D eigenvalue weighted by molar-refractivity contribution is 0.0691. The molecule has 21 heavy (non-hydrogen) atoms. The fraction of sp³-hybridized carbons (Fsp3) is 0.462. The molecule has 0 bridgehead atoms. The molecule has 0 unspecified atom stereocenters. The first-order chi connectivity index (χ1) is 10.1. The molecule has 1 saturated carbocycles. The van der Waals surface area contributed by atoms with E-state index in [1.807, 2.05) is 11.6 Å². The number of aromatic carboxylic acids is 1. The average Bonchev–Trinajstić information content (AvgIpc) is 3.14. The smallest absolute Gasteiger partial charge is 0.338 e. The van der Waals surface area contributed by atoms with Gasteiger partial charge in [0.2, 0.25) is 0 Å². The van der Waals surface area contributed by atoms with Crippen molar-refractivity contribution in [1.29, 1.82) is 0 Å². The lowest BCUT2D eigenvalue weighted by Gasteiger charge is -2.09. The Balaban J connectivity index is 1.84. The van der Waals surface area contributed by atoms with Gasteiger partial charge in [-0.15, -0.1) is 5.10 Å². The Labute approximate surface area is 125 Å². The van der Waals surface area contributed by atoms with Crippen molar-refractivity contribution in [3.63, 3.8) is 0 Å². The number of aryl methyl sites for hydroxylation is 2. The fourth-order valence-corrected chi connectivity index (χ4v) is 3.27. The van der Waals surface area contributed by atoms with Gasteiger partial charge in [0.05, 0.1) is 17.4 Å². The van der Waals surface area contributed by atoms with Crippen LogP contribution in [0.4, 0.5) is 0 Å². The molecule has 2 aromatic rings. The first-order valence-corrected chi connectivity index (χ1v) is 7.66. The summed E-state index contributed by atoms with van der Waals surface area (Å²) in [6, 6.07) is 2.18. The average molecular weight is 305 g/mol. The van der Waals surface area contributed by atoms with Crippen LogP contribution in [0.5, 0.6) is 0 Å². The van der Waals surface area contributed by atoms with Crippen molar-refractivity contribution in [1.82, 2.24) is 25.2 Å². The van der Waals surface area contributed by atoms with Crippen LogP contribution in [-0.2, 0) is 5.75 Å². The number of pyridine rings is 1. The molecule has 1 aliphatic rings. The van der Waals surface area contributed by atoms with Crippen molar-refractivity contribution >= 4 is 17.7 Å². The number of hydrogen-bond donors (Lipinski definition) is 1. The number of tetrazole rings is 1. The van der Waals surface area contributed by atoms with Crippen LogP contribution in [0.3, 0.4) is 0 Å². The summed E-state index contributed by atoms with van der Waals surface area (Å²) in [7, 11) is 0. The summed E-state index contributed by atoms with van der Waals surface area (Å²) >= 11 is 1.37.